The first-order valence-electron chi connectivity index (χ1n) is 8.35. The van der Waals surface area contributed by atoms with Gasteiger partial charge in [-0.1, -0.05) is 46.9 Å². The number of carboxylic acid groups (broad SMARTS) is 1. The largest absolute Gasteiger partial charge is 0.488 e. The summed E-state index contributed by atoms with van der Waals surface area (Å²) < 4.78 is 5.93. The van der Waals surface area contributed by atoms with E-state index >= 15 is 0 Å². The van der Waals surface area contributed by atoms with E-state index in [1.54, 1.807) is 48.5 Å². The summed E-state index contributed by atoms with van der Waals surface area (Å²) in [5.41, 5.74) is 2.55. The molecule has 3 aromatic rings. The van der Waals surface area contributed by atoms with Gasteiger partial charge in [-0.05, 0) is 48.5 Å². The molecule has 3 rings (SSSR count). The first-order chi connectivity index (χ1) is 13.4. The number of anilines is 1. The molecule has 144 valence electrons. The predicted octanol–water partition coefficient (Wildman–Crippen LogP) is 6.54. The fourth-order valence-corrected chi connectivity index (χ4v) is 3.24. The zero-order valence-electron chi connectivity index (χ0n) is 14.6. The molecule has 0 aliphatic heterocycles. The quantitative estimate of drug-likeness (QED) is 0.442. The molecule has 0 aromatic heterocycles. The Morgan fingerprint density at radius 2 is 1.68 bits per heavy atom. The van der Waals surface area contributed by atoms with Gasteiger partial charge < -0.3 is 15.2 Å². The average Bonchev–Trinajstić information content (AvgIpc) is 2.67. The lowest BCUT2D eigenvalue weighted by molar-refractivity contribution is 0.0697. The second-order valence-corrected chi connectivity index (χ2v) is 7.30. The van der Waals surface area contributed by atoms with Crippen LogP contribution in [0.4, 0.5) is 5.69 Å². The first-order valence-corrected chi connectivity index (χ1v) is 9.48. The minimum atomic E-state index is -0.977. The Morgan fingerprint density at radius 1 is 0.929 bits per heavy atom. The van der Waals surface area contributed by atoms with Crippen LogP contribution in [0.25, 0.3) is 0 Å². The van der Waals surface area contributed by atoms with Crippen molar-refractivity contribution in [3.8, 4) is 5.75 Å². The van der Waals surface area contributed by atoms with Gasteiger partial charge in [-0.15, -0.1) is 0 Å². The highest BCUT2D eigenvalue weighted by Gasteiger charge is 2.09. The molecule has 3 aromatic carbocycles. The zero-order chi connectivity index (χ0) is 20.1. The van der Waals surface area contributed by atoms with Crippen molar-refractivity contribution in [2.24, 2.45) is 0 Å². The molecule has 2 N–H and O–H groups in total. The minimum absolute atomic E-state index is 0.213. The van der Waals surface area contributed by atoms with Gasteiger partial charge in [-0.25, -0.2) is 4.79 Å². The maximum absolute atomic E-state index is 11.1. The van der Waals surface area contributed by atoms with E-state index in [1.165, 1.54) is 6.07 Å². The van der Waals surface area contributed by atoms with Crippen LogP contribution in [0.2, 0.25) is 15.1 Å². The van der Waals surface area contributed by atoms with Crippen molar-refractivity contribution in [3.63, 3.8) is 0 Å². The fraction of sp³-hybridized carbons (Fsp3) is 0.0952. The smallest absolute Gasteiger partial charge is 0.335 e. The predicted molar refractivity (Wildman–Crippen MR) is 113 cm³/mol. The van der Waals surface area contributed by atoms with Crippen LogP contribution in [-0.4, -0.2) is 11.1 Å². The summed E-state index contributed by atoms with van der Waals surface area (Å²) in [6.07, 6.45) is 0. The summed E-state index contributed by atoms with van der Waals surface area (Å²) in [7, 11) is 0. The molecule has 0 spiro atoms. The molecule has 0 bridgehead atoms. The van der Waals surface area contributed by atoms with Crippen LogP contribution in [0.3, 0.4) is 0 Å². The maximum atomic E-state index is 11.1. The summed E-state index contributed by atoms with van der Waals surface area (Å²) in [5, 5.41) is 14.0. The molecule has 0 fully saturated rings. The molecular weight excluding hydrogens is 421 g/mol. The second-order valence-electron chi connectivity index (χ2n) is 6.02. The van der Waals surface area contributed by atoms with Crippen molar-refractivity contribution < 1.29 is 14.6 Å². The number of nitrogens with one attached hydrogen (secondary N) is 1. The molecule has 0 saturated heterocycles. The van der Waals surface area contributed by atoms with Crippen molar-refractivity contribution >= 4 is 46.5 Å². The third kappa shape index (κ3) is 5.32. The summed E-state index contributed by atoms with van der Waals surface area (Å²) in [5.74, 6) is -0.326. The Kier molecular flexibility index (Phi) is 6.68. The van der Waals surface area contributed by atoms with Gasteiger partial charge in [0, 0.05) is 38.4 Å². The number of aromatic carboxylic acids is 1. The van der Waals surface area contributed by atoms with E-state index in [2.05, 4.69) is 5.32 Å². The van der Waals surface area contributed by atoms with E-state index in [9.17, 15) is 4.79 Å². The highest BCUT2D eigenvalue weighted by atomic mass is 35.5. The monoisotopic (exact) mass is 435 g/mol. The number of hydrogen-bond donors (Lipinski definition) is 2. The molecule has 0 aliphatic carbocycles. The number of hydrogen-bond acceptors (Lipinski definition) is 3. The highest BCUT2D eigenvalue weighted by Crippen LogP contribution is 2.27. The standard InChI is InChI=1S/C21H16Cl3NO3/c22-16-6-7-20(28-12-14-4-5-17(23)10-19(14)24)15(8-16)11-25-18-3-1-2-13(9-18)21(26)27/h1-10,25H,11-12H2,(H,26,27). The Labute approximate surface area is 177 Å². The van der Waals surface area contributed by atoms with Crippen molar-refractivity contribution in [1.82, 2.24) is 0 Å². The van der Waals surface area contributed by atoms with E-state index < -0.39 is 5.97 Å². The van der Waals surface area contributed by atoms with E-state index in [-0.39, 0.29) is 12.2 Å². The lowest BCUT2D eigenvalue weighted by Gasteiger charge is -2.14. The molecule has 0 heterocycles. The van der Waals surface area contributed by atoms with Crippen LogP contribution in [-0.2, 0) is 13.2 Å². The molecule has 28 heavy (non-hydrogen) atoms. The van der Waals surface area contributed by atoms with Crippen molar-refractivity contribution in [2.75, 3.05) is 5.32 Å². The van der Waals surface area contributed by atoms with E-state index in [0.717, 1.165) is 11.1 Å². The van der Waals surface area contributed by atoms with Crippen molar-refractivity contribution in [1.29, 1.82) is 0 Å². The van der Waals surface area contributed by atoms with Gasteiger partial charge in [0.15, 0.2) is 0 Å². The van der Waals surface area contributed by atoms with Gasteiger partial charge in [0.1, 0.15) is 12.4 Å². The van der Waals surface area contributed by atoms with Gasteiger partial charge >= 0.3 is 5.97 Å². The van der Waals surface area contributed by atoms with Crippen LogP contribution in [0, 0.1) is 0 Å². The number of benzene rings is 3. The van der Waals surface area contributed by atoms with Crippen LogP contribution in [0.1, 0.15) is 21.5 Å². The lowest BCUT2D eigenvalue weighted by atomic mass is 10.1. The van der Waals surface area contributed by atoms with Crippen LogP contribution < -0.4 is 10.1 Å². The second kappa shape index (κ2) is 9.20. The Morgan fingerprint density at radius 3 is 2.43 bits per heavy atom. The fourth-order valence-electron chi connectivity index (χ4n) is 2.58. The number of carbonyl (C=O) groups is 1. The molecule has 4 nitrogen and oxygen atoms in total. The van der Waals surface area contributed by atoms with Gasteiger partial charge in [-0.2, -0.15) is 0 Å². The third-order valence-corrected chi connectivity index (χ3v) is 4.84. The van der Waals surface area contributed by atoms with Gasteiger partial charge in [0.2, 0.25) is 0 Å². The van der Waals surface area contributed by atoms with E-state index in [1.807, 2.05) is 6.07 Å². The lowest BCUT2D eigenvalue weighted by Crippen LogP contribution is -2.05. The number of carboxylic acids is 1. The summed E-state index contributed by atoms with van der Waals surface area (Å²) in [6, 6.07) is 17.2. The molecule has 0 amide bonds. The highest BCUT2D eigenvalue weighted by molar-refractivity contribution is 6.35. The SMILES string of the molecule is O=C(O)c1cccc(NCc2cc(Cl)ccc2OCc2ccc(Cl)cc2Cl)c1. The molecule has 0 unspecified atom stereocenters. The molecular formula is C21H16Cl3NO3. The Bertz CT molecular complexity index is 1010. The number of rotatable bonds is 7. The van der Waals surface area contributed by atoms with Gasteiger partial charge in [0.25, 0.3) is 0 Å². The maximum Gasteiger partial charge on any atom is 0.335 e. The van der Waals surface area contributed by atoms with E-state index in [4.69, 9.17) is 44.6 Å². The van der Waals surface area contributed by atoms with Crippen molar-refractivity contribution in [2.45, 2.75) is 13.2 Å². The molecule has 0 aliphatic rings. The van der Waals surface area contributed by atoms with E-state index in [0.29, 0.717) is 33.0 Å². The normalized spacial score (nSPS) is 10.5. The summed E-state index contributed by atoms with van der Waals surface area (Å²) >= 11 is 18.2. The Hall–Kier alpha value is -2.40. The minimum Gasteiger partial charge on any atom is -0.488 e. The molecule has 0 atom stereocenters. The van der Waals surface area contributed by atoms with Crippen LogP contribution in [0.15, 0.2) is 60.7 Å². The zero-order valence-corrected chi connectivity index (χ0v) is 16.9. The number of ether oxygens (including phenoxy) is 1. The molecule has 0 saturated carbocycles. The topological polar surface area (TPSA) is 58.6 Å². The summed E-state index contributed by atoms with van der Waals surface area (Å²) in [4.78, 5) is 11.1. The van der Waals surface area contributed by atoms with Gasteiger partial charge in [0.05, 0.1) is 5.56 Å². The third-order valence-electron chi connectivity index (χ3n) is 4.01. The van der Waals surface area contributed by atoms with Crippen LogP contribution >= 0.6 is 34.8 Å². The molecule has 0 radical (unpaired) electrons. The van der Waals surface area contributed by atoms with Crippen molar-refractivity contribution in [3.05, 3.63) is 92.4 Å². The average molecular weight is 437 g/mol. The van der Waals surface area contributed by atoms with Gasteiger partial charge in [-0.3, -0.25) is 0 Å². The first kappa shape index (κ1) is 20.3. The Balaban J connectivity index is 1.73. The number of halogens is 3. The molecule has 7 heteroatoms. The van der Waals surface area contributed by atoms with Crippen LogP contribution in [0.5, 0.6) is 5.75 Å². The summed E-state index contributed by atoms with van der Waals surface area (Å²) in [6.45, 7) is 0.687.